The molecular weight excluding hydrogens is 449 g/mol. The van der Waals surface area contributed by atoms with Crippen LogP contribution >= 0.6 is 24.0 Å². The van der Waals surface area contributed by atoms with Crippen molar-refractivity contribution in [2.45, 2.75) is 19.0 Å². The van der Waals surface area contributed by atoms with Gasteiger partial charge in [0.05, 0.1) is 6.04 Å². The van der Waals surface area contributed by atoms with Crippen molar-refractivity contribution in [3.05, 3.63) is 48.0 Å². The first-order valence-electron chi connectivity index (χ1n) is 9.42. The lowest BCUT2D eigenvalue weighted by molar-refractivity contribution is 0.116. The van der Waals surface area contributed by atoms with E-state index in [4.69, 9.17) is 0 Å². The lowest BCUT2D eigenvalue weighted by atomic mass is 10.00. The summed E-state index contributed by atoms with van der Waals surface area (Å²) >= 11 is 0. The minimum atomic E-state index is 0. The highest BCUT2D eigenvalue weighted by molar-refractivity contribution is 14.0. The van der Waals surface area contributed by atoms with Crippen LogP contribution in [0.4, 0.5) is 0 Å². The predicted molar refractivity (Wildman–Crippen MR) is 126 cm³/mol. The molecule has 0 aromatic heterocycles. The molecule has 2 aromatic carbocycles. The van der Waals surface area contributed by atoms with Gasteiger partial charge in [-0.25, -0.2) is 0 Å². The van der Waals surface area contributed by atoms with E-state index < -0.39 is 0 Å². The lowest BCUT2D eigenvalue weighted by Crippen LogP contribution is -2.55. The molecule has 2 N–H and O–H groups in total. The summed E-state index contributed by atoms with van der Waals surface area (Å²) in [5, 5.41) is 9.62. The van der Waals surface area contributed by atoms with Crippen LogP contribution in [0.3, 0.4) is 0 Å². The van der Waals surface area contributed by atoms with Crippen LogP contribution < -0.4 is 10.6 Å². The number of hydrogen-bond donors (Lipinski definition) is 2. The molecule has 0 amide bonds. The fraction of sp³-hybridized carbons (Fsp3) is 0.476. The number of rotatable bonds is 4. The molecule has 1 aliphatic heterocycles. The topological polar surface area (TPSA) is 42.9 Å². The molecule has 0 spiro atoms. The number of guanidine groups is 1. The average molecular weight is 481 g/mol. The van der Waals surface area contributed by atoms with Crippen molar-refractivity contribution in [3.8, 4) is 0 Å². The molecule has 1 heterocycles. The third-order valence-corrected chi connectivity index (χ3v) is 5.35. The molecule has 148 valence electrons. The maximum atomic E-state index is 4.42. The van der Waals surface area contributed by atoms with Gasteiger partial charge in [0.2, 0.25) is 0 Å². The average Bonchev–Trinajstić information content (AvgIpc) is 2.66. The Kier molecular flexibility index (Phi) is 8.31. The van der Waals surface area contributed by atoms with Crippen LogP contribution in [-0.2, 0) is 0 Å². The number of hydrogen-bond acceptors (Lipinski definition) is 3. The van der Waals surface area contributed by atoms with Gasteiger partial charge in [-0.15, -0.1) is 24.0 Å². The van der Waals surface area contributed by atoms with E-state index >= 15 is 0 Å². The van der Waals surface area contributed by atoms with Gasteiger partial charge in [-0.2, -0.15) is 0 Å². The second-order valence-corrected chi connectivity index (χ2v) is 7.28. The standard InChI is InChI=1S/C21H31N5.HI/c1-16(19-11-7-9-17-8-5-6-10-20(17)19)24-21(22-2)23-14-18-15-25(3)12-13-26(18)4;/h5-11,16,18H,12-15H2,1-4H3,(H2,22,23,24);1H. The zero-order valence-electron chi connectivity index (χ0n) is 16.8. The summed E-state index contributed by atoms with van der Waals surface area (Å²) < 4.78 is 0. The molecule has 0 radical (unpaired) electrons. The van der Waals surface area contributed by atoms with E-state index in [-0.39, 0.29) is 30.0 Å². The SMILES string of the molecule is CN=C(NCC1CN(C)CCN1C)NC(C)c1cccc2ccccc12.I. The van der Waals surface area contributed by atoms with Crippen molar-refractivity contribution in [2.75, 3.05) is 47.3 Å². The van der Waals surface area contributed by atoms with Crippen LogP contribution in [-0.4, -0.2) is 69.1 Å². The number of fused-ring (bicyclic) bond motifs is 1. The zero-order valence-corrected chi connectivity index (χ0v) is 19.1. The van der Waals surface area contributed by atoms with Crippen LogP contribution in [0.5, 0.6) is 0 Å². The van der Waals surface area contributed by atoms with Crippen molar-refractivity contribution in [2.24, 2.45) is 4.99 Å². The Morgan fingerprint density at radius 2 is 1.89 bits per heavy atom. The highest BCUT2D eigenvalue weighted by Gasteiger charge is 2.22. The van der Waals surface area contributed by atoms with Crippen LogP contribution in [0, 0.1) is 0 Å². The van der Waals surface area contributed by atoms with E-state index in [1.807, 2.05) is 7.05 Å². The normalized spacial score (nSPS) is 20.1. The number of benzene rings is 2. The molecule has 2 atom stereocenters. The number of piperazine rings is 1. The van der Waals surface area contributed by atoms with E-state index in [1.54, 1.807) is 0 Å². The summed E-state index contributed by atoms with van der Waals surface area (Å²) in [7, 11) is 6.23. The van der Waals surface area contributed by atoms with Gasteiger partial charge in [0.25, 0.3) is 0 Å². The molecular formula is C21H32IN5. The summed E-state index contributed by atoms with van der Waals surface area (Å²) in [6, 6.07) is 15.7. The first-order valence-corrected chi connectivity index (χ1v) is 9.42. The number of aliphatic imine (C=N–C) groups is 1. The Morgan fingerprint density at radius 1 is 1.15 bits per heavy atom. The van der Waals surface area contributed by atoms with E-state index in [0.29, 0.717) is 6.04 Å². The Balaban J connectivity index is 0.00000261. The van der Waals surface area contributed by atoms with Gasteiger partial charge in [-0.3, -0.25) is 9.89 Å². The molecule has 1 saturated heterocycles. The van der Waals surface area contributed by atoms with Gasteiger partial charge in [-0.1, -0.05) is 42.5 Å². The number of halogens is 1. The van der Waals surface area contributed by atoms with Crippen LogP contribution in [0.15, 0.2) is 47.5 Å². The number of nitrogens with zero attached hydrogens (tertiary/aromatic N) is 3. The number of likely N-dealkylation sites (N-methyl/N-ethyl adjacent to an activating group) is 2. The molecule has 5 nitrogen and oxygen atoms in total. The second-order valence-electron chi connectivity index (χ2n) is 7.28. The lowest BCUT2D eigenvalue weighted by Gasteiger charge is -2.38. The van der Waals surface area contributed by atoms with Crippen molar-refractivity contribution in [1.82, 2.24) is 20.4 Å². The monoisotopic (exact) mass is 481 g/mol. The van der Waals surface area contributed by atoms with E-state index in [2.05, 4.69) is 88.9 Å². The Morgan fingerprint density at radius 3 is 2.67 bits per heavy atom. The molecule has 0 aliphatic carbocycles. The maximum absolute atomic E-state index is 4.42. The Hall–Kier alpha value is -1.38. The summed E-state index contributed by atoms with van der Waals surface area (Å²) in [5.74, 6) is 0.854. The molecule has 6 heteroatoms. The Bertz CT molecular complexity index is 758. The number of nitrogens with one attached hydrogen (secondary N) is 2. The molecule has 2 aromatic rings. The van der Waals surface area contributed by atoms with Crippen molar-refractivity contribution in [1.29, 1.82) is 0 Å². The highest BCUT2D eigenvalue weighted by atomic mass is 127. The smallest absolute Gasteiger partial charge is 0.191 e. The highest BCUT2D eigenvalue weighted by Crippen LogP contribution is 2.23. The first kappa shape index (κ1) is 21.9. The molecule has 2 unspecified atom stereocenters. The largest absolute Gasteiger partial charge is 0.355 e. The van der Waals surface area contributed by atoms with Gasteiger partial charge in [-0.05, 0) is 37.4 Å². The summed E-state index contributed by atoms with van der Waals surface area (Å²) in [5.41, 5.74) is 1.29. The summed E-state index contributed by atoms with van der Waals surface area (Å²) in [4.78, 5) is 9.24. The van der Waals surface area contributed by atoms with Crippen LogP contribution in [0.2, 0.25) is 0 Å². The summed E-state index contributed by atoms with van der Waals surface area (Å²) in [6.45, 7) is 6.41. The van der Waals surface area contributed by atoms with E-state index in [1.165, 1.54) is 16.3 Å². The van der Waals surface area contributed by atoms with Crippen molar-refractivity contribution >= 4 is 40.7 Å². The summed E-state index contributed by atoms with van der Waals surface area (Å²) in [6.07, 6.45) is 0. The third-order valence-electron chi connectivity index (χ3n) is 5.35. The maximum Gasteiger partial charge on any atom is 0.191 e. The fourth-order valence-electron chi connectivity index (χ4n) is 3.64. The second kappa shape index (κ2) is 10.2. The van der Waals surface area contributed by atoms with E-state index in [9.17, 15) is 0 Å². The van der Waals surface area contributed by atoms with Crippen molar-refractivity contribution < 1.29 is 0 Å². The molecule has 0 saturated carbocycles. The van der Waals surface area contributed by atoms with Gasteiger partial charge in [0, 0.05) is 39.3 Å². The predicted octanol–water partition coefficient (Wildman–Crippen LogP) is 2.93. The molecule has 3 rings (SSSR count). The van der Waals surface area contributed by atoms with Crippen LogP contribution in [0.25, 0.3) is 10.8 Å². The van der Waals surface area contributed by atoms with Gasteiger partial charge < -0.3 is 15.5 Å². The quantitative estimate of drug-likeness (QED) is 0.401. The third kappa shape index (κ3) is 5.56. The Labute approximate surface area is 180 Å². The molecule has 1 aliphatic rings. The van der Waals surface area contributed by atoms with Gasteiger partial charge in [0.1, 0.15) is 0 Å². The van der Waals surface area contributed by atoms with Gasteiger partial charge >= 0.3 is 0 Å². The van der Waals surface area contributed by atoms with Gasteiger partial charge in [0.15, 0.2) is 5.96 Å². The first-order chi connectivity index (χ1) is 12.6. The zero-order chi connectivity index (χ0) is 18.5. The minimum absolute atomic E-state index is 0. The minimum Gasteiger partial charge on any atom is -0.355 e. The fourth-order valence-corrected chi connectivity index (χ4v) is 3.64. The molecule has 0 bridgehead atoms. The molecule has 1 fully saturated rings. The molecule has 27 heavy (non-hydrogen) atoms. The van der Waals surface area contributed by atoms with Crippen molar-refractivity contribution in [3.63, 3.8) is 0 Å². The van der Waals surface area contributed by atoms with E-state index in [0.717, 1.165) is 32.1 Å². The van der Waals surface area contributed by atoms with Crippen LogP contribution in [0.1, 0.15) is 18.5 Å².